The molecule has 0 saturated heterocycles. The lowest BCUT2D eigenvalue weighted by molar-refractivity contribution is -0.383. The summed E-state index contributed by atoms with van der Waals surface area (Å²) in [6.45, 7) is 0. The number of anilines is 2. The number of hydrogen-bond donors (Lipinski definition) is 2. The molecular formula is C12H13N7O3. The molecule has 0 aliphatic heterocycles. The van der Waals surface area contributed by atoms with E-state index in [4.69, 9.17) is 0 Å². The van der Waals surface area contributed by atoms with E-state index < -0.39 is 10.8 Å². The Morgan fingerprint density at radius 2 is 2.05 bits per heavy atom. The normalized spacial score (nSPS) is 9.91. The summed E-state index contributed by atoms with van der Waals surface area (Å²) in [7, 11) is 3.23. The predicted molar refractivity (Wildman–Crippen MR) is 78.3 cm³/mol. The third-order valence-corrected chi connectivity index (χ3v) is 2.60. The molecule has 0 aliphatic carbocycles. The molecule has 0 spiro atoms. The highest BCUT2D eigenvalue weighted by Crippen LogP contribution is 2.29. The number of aromatic nitrogens is 3. The van der Waals surface area contributed by atoms with Crippen molar-refractivity contribution in [2.45, 2.75) is 0 Å². The van der Waals surface area contributed by atoms with Crippen LogP contribution < -0.4 is 15.8 Å². The molecule has 0 aliphatic rings. The van der Waals surface area contributed by atoms with E-state index in [9.17, 15) is 14.9 Å². The first-order valence-electron chi connectivity index (χ1n) is 6.15. The van der Waals surface area contributed by atoms with Gasteiger partial charge in [-0.25, -0.2) is 9.97 Å². The van der Waals surface area contributed by atoms with Crippen molar-refractivity contribution in [2.75, 3.05) is 24.4 Å². The summed E-state index contributed by atoms with van der Waals surface area (Å²) >= 11 is 0. The SMILES string of the molecule is CN(C)c1ncnc(NNC(=O)c2ccccn2)c1[N+](=O)[O-]. The quantitative estimate of drug-likeness (QED) is 0.607. The van der Waals surface area contributed by atoms with E-state index in [2.05, 4.69) is 25.8 Å². The Morgan fingerprint density at radius 3 is 2.64 bits per heavy atom. The zero-order chi connectivity index (χ0) is 16.1. The predicted octanol–water partition coefficient (Wildman–Crippen LogP) is 0.603. The average Bonchev–Trinajstić information content (AvgIpc) is 2.52. The van der Waals surface area contributed by atoms with E-state index in [1.807, 2.05) is 0 Å². The number of carbonyl (C=O) groups excluding carboxylic acids is 1. The minimum absolute atomic E-state index is 0.118. The number of nitro groups is 1. The maximum Gasteiger partial charge on any atom is 0.355 e. The Kier molecular flexibility index (Phi) is 4.41. The highest BCUT2D eigenvalue weighted by molar-refractivity contribution is 5.93. The topological polar surface area (TPSA) is 126 Å². The molecular weight excluding hydrogens is 290 g/mol. The van der Waals surface area contributed by atoms with Crippen molar-refractivity contribution in [1.82, 2.24) is 20.4 Å². The van der Waals surface area contributed by atoms with Gasteiger partial charge < -0.3 is 4.90 Å². The summed E-state index contributed by atoms with van der Waals surface area (Å²) in [6.07, 6.45) is 2.63. The first-order chi connectivity index (χ1) is 10.5. The molecule has 1 amide bonds. The summed E-state index contributed by atoms with van der Waals surface area (Å²) in [4.78, 5) is 35.4. The van der Waals surface area contributed by atoms with Crippen LogP contribution in [0.3, 0.4) is 0 Å². The van der Waals surface area contributed by atoms with Crippen molar-refractivity contribution < 1.29 is 9.72 Å². The number of hydrazine groups is 1. The van der Waals surface area contributed by atoms with E-state index in [0.717, 1.165) is 6.33 Å². The van der Waals surface area contributed by atoms with E-state index in [0.29, 0.717) is 0 Å². The summed E-state index contributed by atoms with van der Waals surface area (Å²) in [5.74, 6) is -0.539. The third kappa shape index (κ3) is 3.23. The molecule has 0 atom stereocenters. The number of nitrogens with zero attached hydrogens (tertiary/aromatic N) is 5. The van der Waals surface area contributed by atoms with Gasteiger partial charge in [0.1, 0.15) is 12.0 Å². The molecule has 0 aromatic carbocycles. The second-order valence-corrected chi connectivity index (χ2v) is 4.34. The lowest BCUT2D eigenvalue weighted by Crippen LogP contribution is -2.31. The van der Waals surface area contributed by atoms with Crippen LogP contribution in [0.4, 0.5) is 17.3 Å². The number of pyridine rings is 1. The van der Waals surface area contributed by atoms with Crippen LogP contribution in [0.15, 0.2) is 30.7 Å². The lowest BCUT2D eigenvalue weighted by Gasteiger charge is -2.13. The molecule has 2 N–H and O–H groups in total. The highest BCUT2D eigenvalue weighted by Gasteiger charge is 2.24. The first kappa shape index (κ1) is 15.1. The fourth-order valence-corrected chi connectivity index (χ4v) is 1.63. The van der Waals surface area contributed by atoms with E-state index in [-0.39, 0.29) is 23.0 Å². The van der Waals surface area contributed by atoms with Gasteiger partial charge in [-0.15, -0.1) is 0 Å². The van der Waals surface area contributed by atoms with Crippen LogP contribution in [0.5, 0.6) is 0 Å². The molecule has 22 heavy (non-hydrogen) atoms. The van der Waals surface area contributed by atoms with E-state index >= 15 is 0 Å². The number of carbonyl (C=O) groups is 1. The van der Waals surface area contributed by atoms with E-state index in [1.54, 1.807) is 26.2 Å². The molecule has 0 unspecified atom stereocenters. The Labute approximate surface area is 125 Å². The van der Waals surface area contributed by atoms with Crippen LogP contribution in [-0.4, -0.2) is 39.9 Å². The monoisotopic (exact) mass is 303 g/mol. The van der Waals surface area contributed by atoms with Gasteiger partial charge in [0.2, 0.25) is 11.6 Å². The molecule has 0 saturated carbocycles. The molecule has 10 heteroatoms. The minimum Gasteiger partial charge on any atom is -0.357 e. The maximum atomic E-state index is 11.9. The zero-order valence-electron chi connectivity index (χ0n) is 11.8. The Hall–Kier alpha value is -3.30. The highest BCUT2D eigenvalue weighted by atomic mass is 16.6. The fourth-order valence-electron chi connectivity index (χ4n) is 1.63. The third-order valence-electron chi connectivity index (χ3n) is 2.60. The maximum absolute atomic E-state index is 11.9. The van der Waals surface area contributed by atoms with Gasteiger partial charge in [-0.1, -0.05) is 6.07 Å². The van der Waals surface area contributed by atoms with Crippen molar-refractivity contribution in [3.8, 4) is 0 Å². The zero-order valence-corrected chi connectivity index (χ0v) is 11.8. The van der Waals surface area contributed by atoms with Crippen molar-refractivity contribution in [2.24, 2.45) is 0 Å². The van der Waals surface area contributed by atoms with E-state index in [1.165, 1.54) is 17.2 Å². The number of nitrogens with one attached hydrogen (secondary N) is 2. The second kappa shape index (κ2) is 6.43. The van der Waals surface area contributed by atoms with Crippen molar-refractivity contribution in [3.05, 3.63) is 46.5 Å². The second-order valence-electron chi connectivity index (χ2n) is 4.34. The van der Waals surface area contributed by atoms with Crippen LogP contribution in [0.2, 0.25) is 0 Å². The molecule has 114 valence electrons. The van der Waals surface area contributed by atoms with Crippen molar-refractivity contribution in [3.63, 3.8) is 0 Å². The number of amides is 1. The molecule has 0 fully saturated rings. The number of rotatable bonds is 5. The molecule has 2 aromatic rings. The summed E-state index contributed by atoms with van der Waals surface area (Å²) in [5, 5.41) is 11.2. The van der Waals surface area contributed by atoms with Crippen molar-refractivity contribution in [1.29, 1.82) is 0 Å². The van der Waals surface area contributed by atoms with Gasteiger partial charge in [-0.2, -0.15) is 0 Å². The molecule has 10 nitrogen and oxygen atoms in total. The van der Waals surface area contributed by atoms with Crippen LogP contribution in [-0.2, 0) is 0 Å². The largest absolute Gasteiger partial charge is 0.357 e. The minimum atomic E-state index is -0.620. The Balaban J connectivity index is 2.21. The molecule has 0 bridgehead atoms. The lowest BCUT2D eigenvalue weighted by atomic mass is 10.3. The molecule has 2 heterocycles. The fraction of sp³-hybridized carbons (Fsp3) is 0.167. The van der Waals surface area contributed by atoms with Gasteiger partial charge in [-0.05, 0) is 12.1 Å². The van der Waals surface area contributed by atoms with Gasteiger partial charge >= 0.3 is 5.69 Å². The summed E-state index contributed by atoms with van der Waals surface area (Å²) < 4.78 is 0. The number of hydrogen-bond acceptors (Lipinski definition) is 8. The molecule has 0 radical (unpaired) electrons. The molecule has 2 rings (SSSR count). The standard InChI is InChI=1S/C12H13N7O3/c1-18(2)11-9(19(21)22)10(14-7-15-11)16-17-12(20)8-5-3-4-6-13-8/h3-7H,1-2H3,(H,17,20)(H,14,15,16). The van der Waals surface area contributed by atoms with Gasteiger partial charge in [0, 0.05) is 20.3 Å². The molecule has 2 aromatic heterocycles. The van der Waals surface area contributed by atoms with Gasteiger partial charge in [-0.3, -0.25) is 30.7 Å². The average molecular weight is 303 g/mol. The smallest absolute Gasteiger partial charge is 0.355 e. The summed E-state index contributed by atoms with van der Waals surface area (Å²) in [5.41, 5.74) is 4.57. The first-order valence-corrected chi connectivity index (χ1v) is 6.15. The van der Waals surface area contributed by atoms with Gasteiger partial charge in [0.25, 0.3) is 5.91 Å². The van der Waals surface area contributed by atoms with Crippen LogP contribution in [0.1, 0.15) is 10.5 Å². The summed E-state index contributed by atoms with van der Waals surface area (Å²) in [6, 6.07) is 4.83. The van der Waals surface area contributed by atoms with Crippen LogP contribution in [0.25, 0.3) is 0 Å². The Bertz CT molecular complexity index is 690. The van der Waals surface area contributed by atoms with Crippen LogP contribution in [0, 0.1) is 10.1 Å². The van der Waals surface area contributed by atoms with Gasteiger partial charge in [0.15, 0.2) is 0 Å². The Morgan fingerprint density at radius 1 is 1.27 bits per heavy atom. The van der Waals surface area contributed by atoms with Crippen molar-refractivity contribution >= 4 is 23.2 Å². The van der Waals surface area contributed by atoms with Gasteiger partial charge in [0.05, 0.1) is 4.92 Å². The van der Waals surface area contributed by atoms with Crippen LogP contribution >= 0.6 is 0 Å².